The smallest absolute Gasteiger partial charge is 0.314 e. The molecule has 0 aliphatic carbocycles. The lowest BCUT2D eigenvalue weighted by Gasteiger charge is -2.09. The van der Waals surface area contributed by atoms with Gasteiger partial charge in [0.25, 0.3) is 0 Å². The fourth-order valence-corrected chi connectivity index (χ4v) is 1.92. The molecule has 122 valence electrons. The topological polar surface area (TPSA) is 50.4 Å². The van der Waals surface area contributed by atoms with Gasteiger partial charge in [-0.2, -0.15) is 0 Å². The second-order valence-electron chi connectivity index (χ2n) is 4.86. The number of ether oxygens (including phenoxy) is 1. The molecule has 0 heterocycles. The molecule has 0 aromatic heterocycles. The summed E-state index contributed by atoms with van der Waals surface area (Å²) in [5.74, 6) is -0.227. The third kappa shape index (κ3) is 6.34. The number of hydrogen-bond donors (Lipinski definition) is 2. The Morgan fingerprint density at radius 3 is 2.43 bits per heavy atom. The van der Waals surface area contributed by atoms with Gasteiger partial charge in [0.2, 0.25) is 0 Å². The summed E-state index contributed by atoms with van der Waals surface area (Å²) in [6.07, 6.45) is 0.619. The molecule has 0 atom stereocenters. The molecule has 0 bridgehead atoms. The van der Waals surface area contributed by atoms with E-state index in [0.717, 1.165) is 5.56 Å². The van der Waals surface area contributed by atoms with Crippen LogP contribution in [0.25, 0.3) is 0 Å². The Morgan fingerprint density at radius 2 is 1.70 bits per heavy atom. The van der Waals surface area contributed by atoms with Crippen molar-refractivity contribution in [2.45, 2.75) is 6.42 Å². The van der Waals surface area contributed by atoms with Gasteiger partial charge in [-0.1, -0.05) is 18.2 Å². The number of nitrogens with one attached hydrogen (secondary N) is 2. The first kappa shape index (κ1) is 16.7. The molecule has 2 amide bonds. The van der Waals surface area contributed by atoms with Crippen LogP contribution < -0.4 is 15.4 Å². The number of amides is 2. The number of carbonyl (C=O) groups excluding carboxylic acids is 1. The fourth-order valence-electron chi connectivity index (χ4n) is 1.92. The Morgan fingerprint density at radius 1 is 0.957 bits per heavy atom. The minimum absolute atomic E-state index is 0.245. The van der Waals surface area contributed by atoms with Crippen molar-refractivity contribution >= 4 is 6.03 Å². The fraction of sp³-hybridized carbons (Fsp3) is 0.235. The van der Waals surface area contributed by atoms with Gasteiger partial charge < -0.3 is 15.4 Å². The van der Waals surface area contributed by atoms with Crippen LogP contribution in [0.1, 0.15) is 5.56 Å². The van der Waals surface area contributed by atoms with Crippen molar-refractivity contribution in [2.24, 2.45) is 0 Å². The summed E-state index contributed by atoms with van der Waals surface area (Å²) in [6.45, 7) is 0.996. The minimum Gasteiger partial charge on any atom is -0.492 e. The summed E-state index contributed by atoms with van der Waals surface area (Å²) in [4.78, 5) is 11.6. The van der Waals surface area contributed by atoms with Crippen LogP contribution in [-0.4, -0.2) is 25.7 Å². The monoisotopic (exact) mass is 320 g/mol. The van der Waals surface area contributed by atoms with Crippen molar-refractivity contribution in [1.29, 1.82) is 0 Å². The molecule has 0 aliphatic heterocycles. The lowest BCUT2D eigenvalue weighted by atomic mass is 10.1. The van der Waals surface area contributed by atoms with Crippen LogP contribution in [0.15, 0.2) is 48.5 Å². The van der Waals surface area contributed by atoms with E-state index < -0.39 is 0 Å². The molecule has 0 saturated carbocycles. The molecule has 0 saturated heterocycles. The first-order valence-corrected chi connectivity index (χ1v) is 7.28. The van der Waals surface area contributed by atoms with E-state index in [1.54, 1.807) is 24.3 Å². The van der Waals surface area contributed by atoms with Crippen LogP contribution >= 0.6 is 0 Å². The normalized spacial score (nSPS) is 10.2. The first-order valence-electron chi connectivity index (χ1n) is 7.28. The molecule has 4 nitrogen and oxygen atoms in total. The molecule has 2 rings (SSSR count). The van der Waals surface area contributed by atoms with Gasteiger partial charge in [-0.15, -0.1) is 0 Å². The van der Waals surface area contributed by atoms with Crippen molar-refractivity contribution in [1.82, 2.24) is 10.6 Å². The van der Waals surface area contributed by atoms with Gasteiger partial charge in [-0.3, -0.25) is 0 Å². The molecular weight excluding hydrogens is 302 g/mol. The van der Waals surface area contributed by atoms with Crippen molar-refractivity contribution in [3.05, 3.63) is 65.7 Å². The average Bonchev–Trinajstić information content (AvgIpc) is 2.54. The highest BCUT2D eigenvalue weighted by Gasteiger charge is 2.01. The molecule has 2 aromatic rings. The Hall–Kier alpha value is -2.63. The van der Waals surface area contributed by atoms with E-state index in [9.17, 15) is 13.6 Å². The van der Waals surface area contributed by atoms with Gasteiger partial charge in [-0.25, -0.2) is 13.6 Å². The van der Waals surface area contributed by atoms with Crippen LogP contribution in [0.4, 0.5) is 13.6 Å². The van der Waals surface area contributed by atoms with Gasteiger partial charge in [0.15, 0.2) is 0 Å². The van der Waals surface area contributed by atoms with E-state index in [2.05, 4.69) is 10.6 Å². The standard InChI is InChI=1S/C17H18F2N2O2/c18-14-6-4-13(5-7-14)8-9-20-17(22)21-10-11-23-16-3-1-2-15(19)12-16/h1-7,12H,8-11H2,(H2,20,21,22). The third-order valence-electron chi connectivity index (χ3n) is 3.06. The van der Waals surface area contributed by atoms with Crippen molar-refractivity contribution in [3.8, 4) is 5.75 Å². The Kier molecular flexibility index (Phi) is 6.35. The van der Waals surface area contributed by atoms with E-state index in [1.807, 2.05) is 0 Å². The quantitative estimate of drug-likeness (QED) is 0.771. The summed E-state index contributed by atoms with van der Waals surface area (Å²) in [5, 5.41) is 5.33. The zero-order chi connectivity index (χ0) is 16.5. The van der Waals surface area contributed by atoms with Crippen molar-refractivity contribution < 1.29 is 18.3 Å². The first-order chi connectivity index (χ1) is 11.1. The molecule has 0 fully saturated rings. The van der Waals surface area contributed by atoms with Crippen LogP contribution in [0.3, 0.4) is 0 Å². The predicted octanol–water partition coefficient (Wildman–Crippen LogP) is 2.89. The van der Waals surface area contributed by atoms with Gasteiger partial charge in [0.1, 0.15) is 24.0 Å². The number of urea groups is 1. The van der Waals surface area contributed by atoms with Gasteiger partial charge in [-0.05, 0) is 36.2 Å². The highest BCUT2D eigenvalue weighted by Crippen LogP contribution is 2.11. The van der Waals surface area contributed by atoms with E-state index in [-0.39, 0.29) is 24.3 Å². The average molecular weight is 320 g/mol. The third-order valence-corrected chi connectivity index (χ3v) is 3.06. The van der Waals surface area contributed by atoms with Gasteiger partial charge in [0.05, 0.1) is 6.54 Å². The predicted molar refractivity (Wildman–Crippen MR) is 83.4 cm³/mol. The molecule has 2 N–H and O–H groups in total. The summed E-state index contributed by atoms with van der Waals surface area (Å²) < 4.78 is 31.0. The molecular formula is C17H18F2N2O2. The molecule has 6 heteroatoms. The Labute approximate surface area is 133 Å². The highest BCUT2D eigenvalue weighted by atomic mass is 19.1. The zero-order valence-corrected chi connectivity index (χ0v) is 12.5. The number of hydrogen-bond acceptors (Lipinski definition) is 2. The second kappa shape index (κ2) is 8.73. The maximum absolute atomic E-state index is 12.9. The summed E-state index contributed by atoms with van der Waals surface area (Å²) in [7, 11) is 0. The molecule has 2 aromatic carbocycles. The SMILES string of the molecule is O=C(NCCOc1cccc(F)c1)NCCc1ccc(F)cc1. The number of carbonyl (C=O) groups is 1. The van der Waals surface area contributed by atoms with Crippen LogP contribution in [0.5, 0.6) is 5.75 Å². The second-order valence-corrected chi connectivity index (χ2v) is 4.86. The zero-order valence-electron chi connectivity index (χ0n) is 12.5. The lowest BCUT2D eigenvalue weighted by molar-refractivity contribution is 0.236. The number of benzene rings is 2. The Balaban J connectivity index is 1.57. The van der Waals surface area contributed by atoms with E-state index >= 15 is 0 Å². The van der Waals surface area contributed by atoms with Crippen LogP contribution in [0.2, 0.25) is 0 Å². The molecule has 0 spiro atoms. The summed E-state index contributed by atoms with van der Waals surface area (Å²) >= 11 is 0. The number of halogens is 2. The van der Waals surface area contributed by atoms with E-state index in [4.69, 9.17) is 4.74 Å². The molecule has 0 aliphatic rings. The Bertz CT molecular complexity index is 633. The van der Waals surface area contributed by atoms with E-state index in [0.29, 0.717) is 25.3 Å². The maximum atomic E-state index is 12.9. The van der Waals surface area contributed by atoms with Gasteiger partial charge >= 0.3 is 6.03 Å². The largest absolute Gasteiger partial charge is 0.492 e. The molecule has 0 radical (unpaired) electrons. The van der Waals surface area contributed by atoms with Crippen molar-refractivity contribution in [3.63, 3.8) is 0 Å². The molecule has 0 unspecified atom stereocenters. The van der Waals surface area contributed by atoms with Crippen molar-refractivity contribution in [2.75, 3.05) is 19.7 Å². The highest BCUT2D eigenvalue weighted by molar-refractivity contribution is 5.73. The maximum Gasteiger partial charge on any atom is 0.314 e. The van der Waals surface area contributed by atoms with Gasteiger partial charge in [0, 0.05) is 12.6 Å². The number of rotatable bonds is 7. The van der Waals surface area contributed by atoms with E-state index in [1.165, 1.54) is 24.3 Å². The minimum atomic E-state index is -0.367. The lowest BCUT2D eigenvalue weighted by Crippen LogP contribution is -2.38. The summed E-state index contributed by atoms with van der Waals surface area (Å²) in [5.41, 5.74) is 0.945. The molecule has 23 heavy (non-hydrogen) atoms. The van der Waals surface area contributed by atoms with Crippen LogP contribution in [-0.2, 0) is 6.42 Å². The summed E-state index contributed by atoms with van der Waals surface area (Å²) in [6, 6.07) is 11.6. The van der Waals surface area contributed by atoms with Crippen LogP contribution in [0, 0.1) is 11.6 Å².